The summed E-state index contributed by atoms with van der Waals surface area (Å²) < 4.78 is 0. The van der Waals surface area contributed by atoms with Crippen molar-refractivity contribution in [2.75, 3.05) is 5.32 Å². The second kappa shape index (κ2) is 6.21. The first-order chi connectivity index (χ1) is 9.54. The molecule has 4 nitrogen and oxygen atoms in total. The molecule has 0 fully saturated rings. The first-order valence-electron chi connectivity index (χ1n) is 6.45. The number of phenolic OH excluding ortho intramolecular Hbond substituents is 1. The highest BCUT2D eigenvalue weighted by Gasteiger charge is 2.14. The second-order valence-electron chi connectivity index (χ2n) is 4.83. The number of nitrogens with one attached hydrogen (secondary N) is 1. The third-order valence-electron chi connectivity index (χ3n) is 3.05. The topological polar surface area (TPSA) is 75.4 Å². The van der Waals surface area contributed by atoms with Crippen molar-refractivity contribution in [1.82, 2.24) is 0 Å². The van der Waals surface area contributed by atoms with Gasteiger partial charge >= 0.3 is 0 Å². The van der Waals surface area contributed by atoms with Crippen LogP contribution < -0.4 is 11.1 Å². The Kier molecular flexibility index (Phi) is 4.38. The first-order valence-corrected chi connectivity index (χ1v) is 6.45. The first kappa shape index (κ1) is 14.1. The smallest absolute Gasteiger partial charge is 0.241 e. The molecule has 104 valence electrons. The van der Waals surface area contributed by atoms with Gasteiger partial charge in [0, 0.05) is 5.69 Å². The van der Waals surface area contributed by atoms with E-state index in [-0.39, 0.29) is 11.7 Å². The van der Waals surface area contributed by atoms with Crippen LogP contribution in [0.3, 0.4) is 0 Å². The summed E-state index contributed by atoms with van der Waals surface area (Å²) in [5.74, 6) is -0.0200. The zero-order chi connectivity index (χ0) is 14.5. The number of hydrogen-bond acceptors (Lipinski definition) is 3. The van der Waals surface area contributed by atoms with Gasteiger partial charge in [-0.1, -0.05) is 29.8 Å². The van der Waals surface area contributed by atoms with E-state index in [9.17, 15) is 9.90 Å². The van der Waals surface area contributed by atoms with Gasteiger partial charge in [-0.05, 0) is 43.2 Å². The molecule has 0 aromatic heterocycles. The minimum Gasteiger partial charge on any atom is -0.508 e. The Balaban J connectivity index is 1.94. The molecule has 2 rings (SSSR count). The molecule has 2 aromatic carbocycles. The molecule has 0 saturated carbocycles. The molecule has 2 aromatic rings. The summed E-state index contributed by atoms with van der Waals surface area (Å²) in [5.41, 5.74) is 8.68. The lowest BCUT2D eigenvalue weighted by Gasteiger charge is -2.12. The van der Waals surface area contributed by atoms with Crippen LogP contribution in [0, 0.1) is 6.92 Å². The van der Waals surface area contributed by atoms with Crippen molar-refractivity contribution in [3.05, 3.63) is 59.7 Å². The molecule has 1 amide bonds. The van der Waals surface area contributed by atoms with E-state index in [1.165, 1.54) is 0 Å². The number of hydrogen-bond donors (Lipinski definition) is 3. The Labute approximate surface area is 118 Å². The average molecular weight is 270 g/mol. The minimum absolute atomic E-state index is 0.200. The van der Waals surface area contributed by atoms with Gasteiger partial charge in [0.25, 0.3) is 0 Å². The van der Waals surface area contributed by atoms with E-state index in [0.29, 0.717) is 6.42 Å². The summed E-state index contributed by atoms with van der Waals surface area (Å²) in [4.78, 5) is 12.0. The van der Waals surface area contributed by atoms with Crippen LogP contribution in [0.25, 0.3) is 0 Å². The van der Waals surface area contributed by atoms with E-state index in [1.54, 1.807) is 24.3 Å². The molecule has 0 bridgehead atoms. The molecule has 0 saturated heterocycles. The molecule has 1 atom stereocenters. The van der Waals surface area contributed by atoms with Gasteiger partial charge < -0.3 is 16.2 Å². The lowest BCUT2D eigenvalue weighted by Crippen LogP contribution is -2.37. The third-order valence-corrected chi connectivity index (χ3v) is 3.05. The molecule has 20 heavy (non-hydrogen) atoms. The number of phenols is 1. The predicted octanol–water partition coefficient (Wildman–Crippen LogP) is 2.21. The van der Waals surface area contributed by atoms with Crippen LogP contribution in [0.2, 0.25) is 0 Å². The quantitative estimate of drug-likeness (QED) is 0.797. The molecule has 0 aliphatic rings. The molecule has 0 heterocycles. The highest BCUT2D eigenvalue weighted by Crippen LogP contribution is 2.12. The normalized spacial score (nSPS) is 11.9. The van der Waals surface area contributed by atoms with Crippen molar-refractivity contribution in [1.29, 1.82) is 0 Å². The maximum Gasteiger partial charge on any atom is 0.241 e. The SMILES string of the molecule is Cc1ccc(NC(=O)[C@@H](N)Cc2ccc(O)cc2)cc1. The zero-order valence-corrected chi connectivity index (χ0v) is 11.3. The molecule has 0 spiro atoms. The van der Waals surface area contributed by atoms with Crippen molar-refractivity contribution in [3.8, 4) is 5.75 Å². The number of carbonyl (C=O) groups is 1. The van der Waals surface area contributed by atoms with Crippen molar-refractivity contribution < 1.29 is 9.90 Å². The molecule has 0 unspecified atom stereocenters. The molecule has 0 radical (unpaired) electrons. The lowest BCUT2D eigenvalue weighted by molar-refractivity contribution is -0.117. The zero-order valence-electron chi connectivity index (χ0n) is 11.3. The van der Waals surface area contributed by atoms with Crippen LogP contribution in [0.5, 0.6) is 5.75 Å². The number of amides is 1. The molecule has 4 heteroatoms. The van der Waals surface area contributed by atoms with Crippen LogP contribution in [0.1, 0.15) is 11.1 Å². The number of anilines is 1. The molecule has 4 N–H and O–H groups in total. The Morgan fingerprint density at radius 2 is 1.75 bits per heavy atom. The van der Waals surface area contributed by atoms with Crippen LogP contribution >= 0.6 is 0 Å². The van der Waals surface area contributed by atoms with Crippen molar-refractivity contribution in [3.63, 3.8) is 0 Å². The van der Waals surface area contributed by atoms with E-state index < -0.39 is 6.04 Å². The van der Waals surface area contributed by atoms with E-state index >= 15 is 0 Å². The van der Waals surface area contributed by atoms with Gasteiger partial charge in [0.05, 0.1) is 6.04 Å². The van der Waals surface area contributed by atoms with Crippen molar-refractivity contribution >= 4 is 11.6 Å². The van der Waals surface area contributed by atoms with E-state index in [0.717, 1.165) is 16.8 Å². The van der Waals surface area contributed by atoms with Crippen LogP contribution in [-0.2, 0) is 11.2 Å². The largest absolute Gasteiger partial charge is 0.508 e. The van der Waals surface area contributed by atoms with Crippen LogP contribution in [0.15, 0.2) is 48.5 Å². The van der Waals surface area contributed by atoms with Crippen LogP contribution in [-0.4, -0.2) is 17.1 Å². The van der Waals surface area contributed by atoms with Gasteiger partial charge in [-0.15, -0.1) is 0 Å². The summed E-state index contributed by atoms with van der Waals surface area (Å²) in [6, 6.07) is 13.6. The maximum atomic E-state index is 12.0. The monoisotopic (exact) mass is 270 g/mol. The fourth-order valence-corrected chi connectivity index (χ4v) is 1.85. The van der Waals surface area contributed by atoms with E-state index in [4.69, 9.17) is 5.73 Å². The van der Waals surface area contributed by atoms with Crippen molar-refractivity contribution in [2.24, 2.45) is 5.73 Å². The summed E-state index contributed by atoms with van der Waals surface area (Å²) in [6.45, 7) is 1.99. The van der Waals surface area contributed by atoms with Crippen molar-refractivity contribution in [2.45, 2.75) is 19.4 Å². The van der Waals surface area contributed by atoms with Gasteiger partial charge in [0.1, 0.15) is 5.75 Å². The summed E-state index contributed by atoms with van der Waals surface area (Å²) in [7, 11) is 0. The molecule has 0 aliphatic carbocycles. The summed E-state index contributed by atoms with van der Waals surface area (Å²) >= 11 is 0. The number of rotatable bonds is 4. The lowest BCUT2D eigenvalue weighted by atomic mass is 10.1. The minimum atomic E-state index is -0.624. The Morgan fingerprint density at radius 3 is 2.35 bits per heavy atom. The number of carbonyl (C=O) groups excluding carboxylic acids is 1. The number of aryl methyl sites for hydroxylation is 1. The Hall–Kier alpha value is -2.33. The summed E-state index contributed by atoms with van der Waals surface area (Å²) in [6.07, 6.45) is 0.429. The third kappa shape index (κ3) is 3.83. The maximum absolute atomic E-state index is 12.0. The van der Waals surface area contributed by atoms with Gasteiger partial charge in [-0.25, -0.2) is 0 Å². The fraction of sp³-hybridized carbons (Fsp3) is 0.188. The summed E-state index contributed by atoms with van der Waals surface area (Å²) in [5, 5.41) is 12.0. The van der Waals surface area contributed by atoms with E-state index in [1.807, 2.05) is 31.2 Å². The predicted molar refractivity (Wildman–Crippen MR) is 79.6 cm³/mol. The van der Waals surface area contributed by atoms with Gasteiger partial charge in [-0.2, -0.15) is 0 Å². The van der Waals surface area contributed by atoms with Gasteiger partial charge in [0.15, 0.2) is 0 Å². The Bertz CT molecular complexity index is 576. The number of aromatic hydroxyl groups is 1. The second-order valence-corrected chi connectivity index (χ2v) is 4.83. The average Bonchev–Trinajstić information content (AvgIpc) is 2.44. The Morgan fingerprint density at radius 1 is 1.15 bits per heavy atom. The standard InChI is InChI=1S/C16H18N2O2/c1-11-2-6-13(7-3-11)18-16(20)15(17)10-12-4-8-14(19)9-5-12/h2-9,15,19H,10,17H2,1H3,(H,18,20)/t15-/m0/s1. The van der Waals surface area contributed by atoms with E-state index in [2.05, 4.69) is 5.32 Å². The highest BCUT2D eigenvalue weighted by molar-refractivity contribution is 5.94. The number of nitrogens with two attached hydrogens (primary N) is 1. The number of benzene rings is 2. The van der Waals surface area contributed by atoms with Gasteiger partial charge in [-0.3, -0.25) is 4.79 Å². The van der Waals surface area contributed by atoms with Crippen LogP contribution in [0.4, 0.5) is 5.69 Å². The van der Waals surface area contributed by atoms with Gasteiger partial charge in [0.2, 0.25) is 5.91 Å². The fourth-order valence-electron chi connectivity index (χ4n) is 1.85. The molecule has 0 aliphatic heterocycles. The molecular weight excluding hydrogens is 252 g/mol. The molecular formula is C16H18N2O2. The highest BCUT2D eigenvalue weighted by atomic mass is 16.3.